The number of benzene rings is 1. The van der Waals surface area contributed by atoms with Crippen LogP contribution in [0.1, 0.15) is 24.1 Å². The molecule has 2 atom stereocenters. The van der Waals surface area contributed by atoms with E-state index in [2.05, 4.69) is 36.5 Å². The quantitative estimate of drug-likeness (QED) is 0.425. The van der Waals surface area contributed by atoms with Crippen molar-refractivity contribution in [1.29, 1.82) is 0 Å². The minimum Gasteiger partial charge on any atom is -0.477 e. The van der Waals surface area contributed by atoms with Crippen molar-refractivity contribution in [2.45, 2.75) is 32.4 Å². The van der Waals surface area contributed by atoms with E-state index in [4.69, 9.17) is 13.8 Å². The zero-order valence-corrected chi connectivity index (χ0v) is 19.9. The number of fused-ring (bicyclic) bond motifs is 2. The maximum absolute atomic E-state index is 6.06. The summed E-state index contributed by atoms with van der Waals surface area (Å²) in [7, 11) is 0. The van der Waals surface area contributed by atoms with Gasteiger partial charge in [0, 0.05) is 63.0 Å². The Labute approximate surface area is 204 Å². The third kappa shape index (κ3) is 4.81. The largest absolute Gasteiger partial charge is 0.477 e. The number of aromatic nitrogens is 3. The number of hydrogen-bond donors (Lipinski definition) is 1. The highest BCUT2D eigenvalue weighted by atomic mass is 16.5. The molecule has 9 heteroatoms. The van der Waals surface area contributed by atoms with Gasteiger partial charge in [-0.25, -0.2) is 4.98 Å². The summed E-state index contributed by atoms with van der Waals surface area (Å²) in [6.45, 7) is 7.28. The van der Waals surface area contributed by atoms with Crippen LogP contribution in [0.5, 0.6) is 5.88 Å². The molecule has 182 valence electrons. The molecule has 2 unspecified atom stereocenters. The van der Waals surface area contributed by atoms with E-state index in [0.29, 0.717) is 36.9 Å². The summed E-state index contributed by atoms with van der Waals surface area (Å²) in [6.07, 6.45) is 4.17. The number of aryl methyl sites for hydroxylation is 1. The number of nitrogens with zero attached hydrogens (tertiary/aromatic N) is 5. The molecule has 0 bridgehead atoms. The van der Waals surface area contributed by atoms with Crippen LogP contribution in [-0.2, 0) is 6.54 Å². The molecule has 0 aliphatic carbocycles. The van der Waals surface area contributed by atoms with Gasteiger partial charge in [-0.2, -0.15) is 0 Å². The third-order valence-electron chi connectivity index (χ3n) is 7.02. The van der Waals surface area contributed by atoms with E-state index in [1.807, 2.05) is 49.5 Å². The molecule has 4 aromatic rings. The molecule has 0 radical (unpaired) electrons. The Bertz CT molecular complexity index is 1270. The van der Waals surface area contributed by atoms with Crippen molar-refractivity contribution in [2.24, 2.45) is 5.92 Å². The van der Waals surface area contributed by atoms with E-state index in [1.54, 1.807) is 0 Å². The van der Waals surface area contributed by atoms with E-state index in [-0.39, 0.29) is 0 Å². The first-order valence-electron chi connectivity index (χ1n) is 12.3. The molecular formula is C26H30N6O3. The number of pyridine rings is 1. The fraction of sp³-hybridized carbons (Fsp3) is 0.423. The second-order valence-corrected chi connectivity index (χ2v) is 9.54. The van der Waals surface area contributed by atoms with Crippen molar-refractivity contribution in [3.63, 3.8) is 0 Å². The molecule has 0 spiro atoms. The lowest BCUT2D eigenvalue weighted by Gasteiger charge is -2.46. The first kappa shape index (κ1) is 21.9. The van der Waals surface area contributed by atoms with Crippen LogP contribution in [0.4, 0.5) is 11.7 Å². The van der Waals surface area contributed by atoms with Gasteiger partial charge < -0.3 is 24.0 Å². The molecule has 0 amide bonds. The maximum atomic E-state index is 6.06. The Morgan fingerprint density at radius 3 is 2.86 bits per heavy atom. The molecule has 0 saturated carbocycles. The predicted octanol–water partition coefficient (Wildman–Crippen LogP) is 4.11. The van der Waals surface area contributed by atoms with Crippen molar-refractivity contribution >= 4 is 22.7 Å². The maximum Gasteiger partial charge on any atom is 0.225 e. The Morgan fingerprint density at radius 1 is 1.06 bits per heavy atom. The third-order valence-corrected chi connectivity index (χ3v) is 7.02. The summed E-state index contributed by atoms with van der Waals surface area (Å²) in [6, 6.07) is 14.5. The first-order chi connectivity index (χ1) is 17.2. The normalized spacial score (nSPS) is 20.7. The van der Waals surface area contributed by atoms with Crippen molar-refractivity contribution in [3.05, 3.63) is 59.9 Å². The predicted molar refractivity (Wildman–Crippen MR) is 133 cm³/mol. The van der Waals surface area contributed by atoms with E-state index in [0.717, 1.165) is 60.6 Å². The second-order valence-electron chi connectivity index (χ2n) is 9.54. The Kier molecular flexibility index (Phi) is 5.99. The monoisotopic (exact) mass is 474 g/mol. The zero-order valence-electron chi connectivity index (χ0n) is 19.9. The van der Waals surface area contributed by atoms with Gasteiger partial charge in [-0.3, -0.25) is 4.90 Å². The Morgan fingerprint density at radius 2 is 2.00 bits per heavy atom. The van der Waals surface area contributed by atoms with Gasteiger partial charge >= 0.3 is 0 Å². The summed E-state index contributed by atoms with van der Waals surface area (Å²) < 4.78 is 16.8. The molecule has 9 nitrogen and oxygen atoms in total. The average molecular weight is 475 g/mol. The van der Waals surface area contributed by atoms with Crippen LogP contribution >= 0.6 is 0 Å². The molecule has 2 aliphatic rings. The first-order valence-corrected chi connectivity index (χ1v) is 12.3. The van der Waals surface area contributed by atoms with Gasteiger partial charge in [-0.15, -0.1) is 0 Å². The topological polar surface area (TPSA) is 92.7 Å². The van der Waals surface area contributed by atoms with E-state index in [9.17, 15) is 0 Å². The highest BCUT2D eigenvalue weighted by molar-refractivity contribution is 5.88. The fourth-order valence-corrected chi connectivity index (χ4v) is 5.13. The molecule has 6 rings (SSSR count). The van der Waals surface area contributed by atoms with Gasteiger partial charge in [0.05, 0.1) is 17.7 Å². The summed E-state index contributed by atoms with van der Waals surface area (Å²) in [5, 5.41) is 12.5. The van der Waals surface area contributed by atoms with Crippen LogP contribution in [0, 0.1) is 12.8 Å². The van der Waals surface area contributed by atoms with Gasteiger partial charge in [0.2, 0.25) is 11.8 Å². The minimum atomic E-state index is 0.517. The van der Waals surface area contributed by atoms with Crippen molar-refractivity contribution in [3.8, 4) is 5.88 Å². The smallest absolute Gasteiger partial charge is 0.225 e. The lowest BCUT2D eigenvalue weighted by Crippen LogP contribution is -2.57. The minimum absolute atomic E-state index is 0.517. The average Bonchev–Trinajstić information content (AvgIpc) is 3.52. The van der Waals surface area contributed by atoms with Gasteiger partial charge in [0.1, 0.15) is 0 Å². The van der Waals surface area contributed by atoms with Crippen LogP contribution < -0.4 is 15.0 Å². The van der Waals surface area contributed by atoms with Crippen LogP contribution in [0.2, 0.25) is 0 Å². The van der Waals surface area contributed by atoms with Crippen molar-refractivity contribution in [1.82, 2.24) is 20.2 Å². The summed E-state index contributed by atoms with van der Waals surface area (Å²) in [5.74, 6) is 2.83. The van der Waals surface area contributed by atoms with Crippen LogP contribution in [-0.4, -0.2) is 59.0 Å². The van der Waals surface area contributed by atoms with Crippen molar-refractivity contribution in [2.75, 3.05) is 43.0 Å². The van der Waals surface area contributed by atoms with E-state index < -0.39 is 0 Å². The standard InChI is InChI=1S/C26H30N6O3/c1-18-12-25(35-29-18)28-14-19-7-9-24(27-13-19)33-17-20-6-8-21-16-32(11-10-31(21)15-20)26-22-4-2-3-5-23(22)34-30-26/h2-5,7,9,12-13,20-21,28H,6,8,10-11,14-17H2,1H3. The molecule has 35 heavy (non-hydrogen) atoms. The van der Waals surface area contributed by atoms with Gasteiger partial charge in [0.15, 0.2) is 11.4 Å². The molecule has 3 aromatic heterocycles. The van der Waals surface area contributed by atoms with Crippen molar-refractivity contribution < 1.29 is 13.8 Å². The van der Waals surface area contributed by atoms with Gasteiger partial charge in [-0.1, -0.05) is 28.5 Å². The van der Waals surface area contributed by atoms with E-state index in [1.165, 1.54) is 6.42 Å². The molecule has 2 fully saturated rings. The van der Waals surface area contributed by atoms with Gasteiger partial charge in [0.25, 0.3) is 0 Å². The number of piperazine rings is 1. The summed E-state index contributed by atoms with van der Waals surface area (Å²) in [4.78, 5) is 9.48. The Hall–Kier alpha value is -3.59. The summed E-state index contributed by atoms with van der Waals surface area (Å²) in [5.41, 5.74) is 2.77. The molecule has 5 heterocycles. The number of rotatable bonds is 7. The van der Waals surface area contributed by atoms with E-state index >= 15 is 0 Å². The number of para-hydroxylation sites is 1. The van der Waals surface area contributed by atoms with Crippen LogP contribution in [0.3, 0.4) is 0 Å². The van der Waals surface area contributed by atoms with Crippen LogP contribution in [0.15, 0.2) is 57.7 Å². The molecular weight excluding hydrogens is 444 g/mol. The number of anilines is 2. The lowest BCUT2D eigenvalue weighted by molar-refractivity contribution is 0.0717. The number of piperidine rings is 1. The highest BCUT2D eigenvalue weighted by Gasteiger charge is 2.34. The second kappa shape index (κ2) is 9.58. The highest BCUT2D eigenvalue weighted by Crippen LogP contribution is 2.31. The lowest BCUT2D eigenvalue weighted by atomic mass is 9.91. The molecule has 1 N–H and O–H groups in total. The molecule has 2 saturated heterocycles. The summed E-state index contributed by atoms with van der Waals surface area (Å²) >= 11 is 0. The molecule has 1 aromatic carbocycles. The number of ether oxygens (including phenoxy) is 1. The van der Waals surface area contributed by atoms with Gasteiger partial charge in [-0.05, 0) is 37.5 Å². The SMILES string of the molecule is Cc1cc(NCc2ccc(OCC3CCC4CN(c5noc6ccccc56)CCN4C3)nc2)on1. The fourth-order valence-electron chi connectivity index (χ4n) is 5.13. The number of hydrogen-bond acceptors (Lipinski definition) is 9. The zero-order chi connectivity index (χ0) is 23.6. The van der Waals surface area contributed by atoms with Crippen LogP contribution in [0.25, 0.3) is 11.0 Å². The Balaban J connectivity index is 0.980. The molecule has 2 aliphatic heterocycles. The number of nitrogens with one attached hydrogen (secondary N) is 1.